The van der Waals surface area contributed by atoms with Crippen molar-refractivity contribution in [2.75, 3.05) is 5.32 Å². The third kappa shape index (κ3) is 4.53. The monoisotopic (exact) mass is 278 g/mol. The third-order valence-corrected chi connectivity index (χ3v) is 3.17. The molecule has 0 aromatic heterocycles. The number of ether oxygens (including phenoxy) is 1. The minimum absolute atomic E-state index is 0.0552. The second kappa shape index (κ2) is 6.75. The van der Waals surface area contributed by atoms with Gasteiger partial charge in [0.05, 0.1) is 5.69 Å². The van der Waals surface area contributed by atoms with Crippen molar-refractivity contribution in [2.45, 2.75) is 53.2 Å². The molecule has 2 atom stereocenters. The van der Waals surface area contributed by atoms with Gasteiger partial charge in [0.15, 0.2) is 0 Å². The number of nitrogens with one attached hydrogen (secondary N) is 1. The SMILES string of the molecule is CCC(N)C(Oc1ccccc1NC(C)=O)C(C)(C)C. The standard InChI is InChI=1S/C16H26N2O2/c1-6-12(17)15(16(3,4)5)20-14-10-8-7-9-13(14)18-11(2)19/h7-10,12,15H,6,17H2,1-5H3,(H,18,19). The van der Waals surface area contributed by atoms with Crippen molar-refractivity contribution >= 4 is 11.6 Å². The number of rotatable bonds is 5. The second-order valence-electron chi connectivity index (χ2n) is 6.15. The summed E-state index contributed by atoms with van der Waals surface area (Å²) < 4.78 is 6.12. The fourth-order valence-corrected chi connectivity index (χ4v) is 2.12. The Morgan fingerprint density at radius 1 is 1.35 bits per heavy atom. The van der Waals surface area contributed by atoms with Crippen LogP contribution in [0.15, 0.2) is 24.3 Å². The summed E-state index contributed by atoms with van der Waals surface area (Å²) in [5.41, 5.74) is 6.78. The summed E-state index contributed by atoms with van der Waals surface area (Å²) in [5.74, 6) is 0.541. The molecule has 1 aromatic carbocycles. The summed E-state index contributed by atoms with van der Waals surface area (Å²) in [7, 11) is 0. The van der Waals surface area contributed by atoms with Gasteiger partial charge in [-0.1, -0.05) is 39.8 Å². The van der Waals surface area contributed by atoms with Crippen LogP contribution in [0.25, 0.3) is 0 Å². The molecule has 0 spiro atoms. The summed E-state index contributed by atoms with van der Waals surface area (Å²) in [4.78, 5) is 11.2. The van der Waals surface area contributed by atoms with Crippen LogP contribution in [0.4, 0.5) is 5.69 Å². The van der Waals surface area contributed by atoms with Crippen molar-refractivity contribution in [3.63, 3.8) is 0 Å². The topological polar surface area (TPSA) is 64.3 Å². The highest BCUT2D eigenvalue weighted by molar-refractivity contribution is 5.90. The summed E-state index contributed by atoms with van der Waals surface area (Å²) in [6.45, 7) is 9.85. The van der Waals surface area contributed by atoms with E-state index in [-0.39, 0.29) is 23.5 Å². The van der Waals surface area contributed by atoms with Crippen LogP contribution in [0.5, 0.6) is 5.75 Å². The summed E-state index contributed by atoms with van der Waals surface area (Å²) in [5, 5.41) is 2.78. The van der Waals surface area contributed by atoms with Gasteiger partial charge in [0, 0.05) is 18.4 Å². The minimum atomic E-state index is -0.123. The van der Waals surface area contributed by atoms with Crippen LogP contribution in [-0.2, 0) is 4.79 Å². The van der Waals surface area contributed by atoms with Crippen molar-refractivity contribution in [2.24, 2.45) is 11.1 Å². The number of amides is 1. The first kappa shape index (κ1) is 16.5. The quantitative estimate of drug-likeness (QED) is 0.869. The molecule has 1 aromatic rings. The first-order valence-corrected chi connectivity index (χ1v) is 7.04. The van der Waals surface area contributed by atoms with Crippen LogP contribution in [0.1, 0.15) is 41.0 Å². The molecule has 0 radical (unpaired) electrons. The molecule has 20 heavy (non-hydrogen) atoms. The normalized spacial score (nSPS) is 14.5. The number of nitrogens with two attached hydrogens (primary N) is 1. The molecular weight excluding hydrogens is 252 g/mol. The van der Waals surface area contributed by atoms with E-state index in [9.17, 15) is 4.79 Å². The number of para-hydroxylation sites is 2. The van der Waals surface area contributed by atoms with Gasteiger partial charge in [-0.25, -0.2) is 0 Å². The van der Waals surface area contributed by atoms with E-state index in [0.29, 0.717) is 11.4 Å². The smallest absolute Gasteiger partial charge is 0.221 e. The van der Waals surface area contributed by atoms with E-state index in [2.05, 4.69) is 26.1 Å². The average molecular weight is 278 g/mol. The summed E-state index contributed by atoms with van der Waals surface area (Å²) in [6, 6.07) is 7.38. The lowest BCUT2D eigenvalue weighted by atomic mass is 9.84. The highest BCUT2D eigenvalue weighted by atomic mass is 16.5. The van der Waals surface area contributed by atoms with E-state index in [4.69, 9.17) is 10.5 Å². The Morgan fingerprint density at radius 3 is 2.45 bits per heavy atom. The van der Waals surface area contributed by atoms with Crippen molar-refractivity contribution < 1.29 is 9.53 Å². The van der Waals surface area contributed by atoms with Gasteiger partial charge in [-0.3, -0.25) is 4.79 Å². The lowest BCUT2D eigenvalue weighted by Crippen LogP contribution is -2.47. The molecule has 0 heterocycles. The highest BCUT2D eigenvalue weighted by Crippen LogP contribution is 2.31. The number of carbonyl (C=O) groups excluding carboxylic acids is 1. The molecule has 0 aliphatic rings. The highest BCUT2D eigenvalue weighted by Gasteiger charge is 2.31. The number of benzene rings is 1. The maximum absolute atomic E-state index is 11.2. The zero-order chi connectivity index (χ0) is 15.3. The molecule has 0 bridgehead atoms. The maximum Gasteiger partial charge on any atom is 0.221 e. The molecule has 0 saturated heterocycles. The fraction of sp³-hybridized carbons (Fsp3) is 0.562. The molecule has 4 nitrogen and oxygen atoms in total. The molecule has 3 N–H and O–H groups in total. The molecule has 1 amide bonds. The molecule has 0 aliphatic carbocycles. The zero-order valence-corrected chi connectivity index (χ0v) is 13.1. The van der Waals surface area contributed by atoms with Crippen molar-refractivity contribution in [1.29, 1.82) is 0 Å². The summed E-state index contributed by atoms with van der Waals surface area (Å²) >= 11 is 0. The second-order valence-corrected chi connectivity index (χ2v) is 6.15. The van der Waals surface area contributed by atoms with E-state index < -0.39 is 0 Å². The maximum atomic E-state index is 11.2. The number of hydrogen-bond donors (Lipinski definition) is 2. The first-order valence-electron chi connectivity index (χ1n) is 7.04. The molecule has 2 unspecified atom stereocenters. The summed E-state index contributed by atoms with van der Waals surface area (Å²) in [6.07, 6.45) is 0.715. The van der Waals surface area contributed by atoms with Gasteiger partial charge >= 0.3 is 0 Å². The van der Waals surface area contributed by atoms with Crippen molar-refractivity contribution in [3.05, 3.63) is 24.3 Å². The molecule has 0 saturated carbocycles. The fourth-order valence-electron chi connectivity index (χ4n) is 2.12. The Balaban J connectivity index is 3.02. The Hall–Kier alpha value is -1.55. The van der Waals surface area contributed by atoms with Crippen LogP contribution in [0, 0.1) is 5.41 Å². The van der Waals surface area contributed by atoms with E-state index in [1.807, 2.05) is 31.2 Å². The van der Waals surface area contributed by atoms with E-state index in [1.165, 1.54) is 6.92 Å². The van der Waals surface area contributed by atoms with Crippen LogP contribution in [-0.4, -0.2) is 18.1 Å². The lowest BCUT2D eigenvalue weighted by Gasteiger charge is -2.35. The minimum Gasteiger partial charge on any atom is -0.486 e. The van der Waals surface area contributed by atoms with Gasteiger partial charge < -0.3 is 15.8 Å². The predicted octanol–water partition coefficient (Wildman–Crippen LogP) is 3.18. The van der Waals surface area contributed by atoms with Gasteiger partial charge in [0.1, 0.15) is 11.9 Å². The predicted molar refractivity (Wildman–Crippen MR) is 82.9 cm³/mol. The van der Waals surface area contributed by atoms with Gasteiger partial charge in [0.2, 0.25) is 5.91 Å². The van der Waals surface area contributed by atoms with E-state index >= 15 is 0 Å². The zero-order valence-electron chi connectivity index (χ0n) is 13.1. The average Bonchev–Trinajstić information content (AvgIpc) is 2.34. The molecule has 4 heteroatoms. The third-order valence-electron chi connectivity index (χ3n) is 3.17. The molecule has 1 rings (SSSR count). The Bertz CT molecular complexity index is 452. The lowest BCUT2D eigenvalue weighted by molar-refractivity contribution is -0.114. The Labute approximate surface area is 121 Å². The molecule has 112 valence electrons. The van der Waals surface area contributed by atoms with Gasteiger partial charge in [-0.2, -0.15) is 0 Å². The largest absolute Gasteiger partial charge is 0.486 e. The first-order chi connectivity index (χ1) is 9.25. The van der Waals surface area contributed by atoms with Crippen LogP contribution < -0.4 is 15.8 Å². The van der Waals surface area contributed by atoms with Crippen molar-refractivity contribution in [1.82, 2.24) is 0 Å². The molecule has 0 aliphatic heterocycles. The number of hydrogen-bond acceptors (Lipinski definition) is 3. The number of anilines is 1. The molecular formula is C16H26N2O2. The van der Waals surface area contributed by atoms with Crippen LogP contribution in [0.2, 0.25) is 0 Å². The van der Waals surface area contributed by atoms with Gasteiger partial charge in [0.25, 0.3) is 0 Å². The van der Waals surface area contributed by atoms with E-state index in [1.54, 1.807) is 0 Å². The van der Waals surface area contributed by atoms with Crippen molar-refractivity contribution in [3.8, 4) is 5.75 Å². The van der Waals surface area contributed by atoms with Crippen LogP contribution >= 0.6 is 0 Å². The van der Waals surface area contributed by atoms with Gasteiger partial charge in [-0.15, -0.1) is 0 Å². The Morgan fingerprint density at radius 2 is 1.95 bits per heavy atom. The Kier molecular flexibility index (Phi) is 5.57. The van der Waals surface area contributed by atoms with E-state index in [0.717, 1.165) is 6.42 Å². The molecule has 0 fully saturated rings. The van der Waals surface area contributed by atoms with Crippen LogP contribution in [0.3, 0.4) is 0 Å². The van der Waals surface area contributed by atoms with Gasteiger partial charge in [-0.05, 0) is 18.6 Å². The number of carbonyl (C=O) groups is 1.